The molecule has 1 aromatic rings. The largest absolute Gasteiger partial charge is 0.508 e. The molecule has 3 aliphatic rings. The van der Waals surface area contributed by atoms with Crippen LogP contribution in [0.3, 0.4) is 0 Å². The molecule has 0 unspecified atom stereocenters. The Morgan fingerprint density at radius 3 is 2.75 bits per heavy atom. The zero-order chi connectivity index (χ0) is 17.1. The Bertz CT molecular complexity index is 697. The van der Waals surface area contributed by atoms with E-state index < -0.39 is 17.6 Å². The van der Waals surface area contributed by atoms with Crippen molar-refractivity contribution in [1.82, 2.24) is 0 Å². The highest BCUT2D eigenvalue weighted by Gasteiger charge is 2.61. The molecule has 1 aromatic carbocycles. The molecule has 2 nitrogen and oxygen atoms in total. The molecule has 2 saturated carbocycles. The first-order valence-corrected chi connectivity index (χ1v) is 8.90. The maximum atomic E-state index is 13.5. The molecular formula is C20H24F2O2. The maximum absolute atomic E-state index is 13.5. The second-order valence-corrected chi connectivity index (χ2v) is 8.17. The SMILES string of the molecule is C[C@]12CC[C@@H]3c4ccc(O)cc4CC[C@@]3(C=C(F)F)[C@@H]1CC[C@@H]2O. The highest BCUT2D eigenvalue weighted by atomic mass is 19.3. The molecule has 5 atom stereocenters. The number of hydrogen-bond donors (Lipinski definition) is 2. The molecule has 0 aliphatic heterocycles. The molecule has 2 fully saturated rings. The van der Waals surface area contributed by atoms with E-state index in [2.05, 4.69) is 6.92 Å². The van der Waals surface area contributed by atoms with E-state index in [9.17, 15) is 19.0 Å². The molecule has 0 heterocycles. The van der Waals surface area contributed by atoms with Crippen LogP contribution >= 0.6 is 0 Å². The molecule has 3 aliphatic carbocycles. The standard InChI is InChI=1S/C20H24F2O2/c1-19-8-7-15-14-3-2-13(23)10-12(14)6-9-20(15,11-18(21)22)16(19)4-5-17(19)24/h2-3,10-11,15-17,23-24H,4-9H2,1H3/t15-,16-,17+,19+,20+/m1/s1. The first kappa shape index (κ1) is 16.1. The quantitative estimate of drug-likeness (QED) is 0.777. The van der Waals surface area contributed by atoms with Gasteiger partial charge in [-0.3, -0.25) is 0 Å². The number of halogens is 2. The normalized spacial score (nSPS) is 40.4. The van der Waals surface area contributed by atoms with Gasteiger partial charge in [0.25, 0.3) is 6.08 Å². The Balaban J connectivity index is 1.87. The monoisotopic (exact) mass is 334 g/mol. The average molecular weight is 334 g/mol. The molecule has 130 valence electrons. The van der Waals surface area contributed by atoms with Crippen LogP contribution in [0, 0.1) is 16.7 Å². The van der Waals surface area contributed by atoms with Gasteiger partial charge in [0.05, 0.1) is 6.10 Å². The van der Waals surface area contributed by atoms with Crippen molar-refractivity contribution in [2.75, 3.05) is 0 Å². The van der Waals surface area contributed by atoms with Crippen molar-refractivity contribution in [3.8, 4) is 5.75 Å². The minimum Gasteiger partial charge on any atom is -0.508 e. The molecule has 24 heavy (non-hydrogen) atoms. The van der Waals surface area contributed by atoms with E-state index in [4.69, 9.17) is 0 Å². The van der Waals surface area contributed by atoms with Crippen LogP contribution < -0.4 is 0 Å². The lowest BCUT2D eigenvalue weighted by Gasteiger charge is -2.57. The van der Waals surface area contributed by atoms with Gasteiger partial charge in [0, 0.05) is 5.41 Å². The highest BCUT2D eigenvalue weighted by molar-refractivity contribution is 5.43. The van der Waals surface area contributed by atoms with Crippen molar-refractivity contribution in [3.63, 3.8) is 0 Å². The fourth-order valence-electron chi connectivity index (χ4n) is 6.18. The molecule has 0 bridgehead atoms. The lowest BCUT2D eigenvalue weighted by molar-refractivity contribution is -0.0543. The summed E-state index contributed by atoms with van der Waals surface area (Å²) >= 11 is 0. The Hall–Kier alpha value is -1.42. The van der Waals surface area contributed by atoms with E-state index in [1.807, 2.05) is 6.07 Å². The molecule has 0 radical (unpaired) electrons. The molecule has 0 aromatic heterocycles. The molecule has 0 spiro atoms. The van der Waals surface area contributed by atoms with Crippen LogP contribution in [0.2, 0.25) is 0 Å². The summed E-state index contributed by atoms with van der Waals surface area (Å²) in [5.41, 5.74) is 1.36. The van der Waals surface area contributed by atoms with E-state index in [0.717, 1.165) is 30.4 Å². The Morgan fingerprint density at radius 2 is 2.00 bits per heavy atom. The predicted octanol–water partition coefficient (Wildman–Crippen LogP) is 4.76. The van der Waals surface area contributed by atoms with Crippen LogP contribution in [0.15, 0.2) is 30.4 Å². The Kier molecular flexibility index (Phi) is 3.54. The van der Waals surface area contributed by atoms with E-state index in [1.165, 1.54) is 6.08 Å². The smallest absolute Gasteiger partial charge is 0.266 e. The van der Waals surface area contributed by atoms with Gasteiger partial charge in [0.15, 0.2) is 0 Å². The zero-order valence-electron chi connectivity index (χ0n) is 13.9. The number of aromatic hydroxyl groups is 1. The highest BCUT2D eigenvalue weighted by Crippen LogP contribution is 2.67. The van der Waals surface area contributed by atoms with Crippen molar-refractivity contribution in [2.45, 2.75) is 57.5 Å². The molecule has 0 amide bonds. The zero-order valence-corrected chi connectivity index (χ0v) is 13.9. The van der Waals surface area contributed by atoms with E-state index in [-0.39, 0.29) is 23.0 Å². The average Bonchev–Trinajstić information content (AvgIpc) is 2.83. The van der Waals surface area contributed by atoms with E-state index in [0.29, 0.717) is 19.3 Å². The van der Waals surface area contributed by atoms with Gasteiger partial charge in [-0.25, -0.2) is 0 Å². The molecule has 4 rings (SSSR count). The van der Waals surface area contributed by atoms with Gasteiger partial charge in [0.2, 0.25) is 0 Å². The van der Waals surface area contributed by atoms with E-state index >= 15 is 0 Å². The van der Waals surface area contributed by atoms with Crippen molar-refractivity contribution < 1.29 is 19.0 Å². The third-order valence-corrected chi connectivity index (χ3v) is 7.26. The molecule has 2 N–H and O–H groups in total. The molecule has 4 heteroatoms. The van der Waals surface area contributed by atoms with Crippen molar-refractivity contribution in [2.24, 2.45) is 16.7 Å². The third kappa shape index (κ3) is 2.08. The third-order valence-electron chi connectivity index (χ3n) is 7.26. The number of aliphatic hydroxyl groups is 1. The van der Waals surface area contributed by atoms with Gasteiger partial charge in [-0.2, -0.15) is 8.78 Å². The van der Waals surface area contributed by atoms with Crippen molar-refractivity contribution >= 4 is 0 Å². The van der Waals surface area contributed by atoms with Crippen LogP contribution in [0.1, 0.15) is 56.1 Å². The fraction of sp³-hybridized carbons (Fsp3) is 0.600. The number of phenols is 1. The number of fused-ring (bicyclic) bond motifs is 5. The van der Waals surface area contributed by atoms with Crippen LogP contribution in [-0.4, -0.2) is 16.3 Å². The fourth-order valence-corrected chi connectivity index (χ4v) is 6.18. The van der Waals surface area contributed by atoms with Gasteiger partial charge in [-0.05, 0) is 85.1 Å². The second-order valence-electron chi connectivity index (χ2n) is 8.17. The Morgan fingerprint density at radius 1 is 1.21 bits per heavy atom. The van der Waals surface area contributed by atoms with Gasteiger partial charge in [0.1, 0.15) is 5.75 Å². The van der Waals surface area contributed by atoms with E-state index in [1.54, 1.807) is 12.1 Å². The topological polar surface area (TPSA) is 40.5 Å². The predicted molar refractivity (Wildman–Crippen MR) is 88.0 cm³/mol. The minimum absolute atomic E-state index is 0.0479. The van der Waals surface area contributed by atoms with Gasteiger partial charge in [-0.1, -0.05) is 13.0 Å². The first-order chi connectivity index (χ1) is 11.4. The first-order valence-electron chi connectivity index (χ1n) is 8.90. The summed E-state index contributed by atoms with van der Waals surface area (Å²) in [6, 6.07) is 5.37. The molecular weight excluding hydrogens is 310 g/mol. The maximum Gasteiger partial charge on any atom is 0.266 e. The number of benzene rings is 1. The summed E-state index contributed by atoms with van der Waals surface area (Å²) in [5, 5.41) is 20.3. The lowest BCUT2D eigenvalue weighted by atomic mass is 9.47. The second kappa shape index (κ2) is 5.29. The van der Waals surface area contributed by atoms with Crippen molar-refractivity contribution in [1.29, 1.82) is 0 Å². The summed E-state index contributed by atoms with van der Waals surface area (Å²) in [6.07, 6.45) is 3.79. The number of aliphatic hydroxyl groups excluding tert-OH is 1. The van der Waals surface area contributed by atoms with Gasteiger partial charge >= 0.3 is 0 Å². The number of aryl methyl sites for hydroxylation is 1. The summed E-state index contributed by atoms with van der Waals surface area (Å²) < 4.78 is 26.9. The summed E-state index contributed by atoms with van der Waals surface area (Å²) in [6.45, 7) is 2.09. The Labute approximate surface area is 141 Å². The number of allylic oxidation sites excluding steroid dienone is 1. The minimum atomic E-state index is -1.60. The van der Waals surface area contributed by atoms with Crippen molar-refractivity contribution in [3.05, 3.63) is 41.5 Å². The molecule has 0 saturated heterocycles. The summed E-state index contributed by atoms with van der Waals surface area (Å²) in [7, 11) is 0. The van der Waals surface area contributed by atoms with Gasteiger partial charge in [-0.15, -0.1) is 0 Å². The van der Waals surface area contributed by atoms with Crippen LogP contribution in [0.4, 0.5) is 8.78 Å². The lowest BCUT2D eigenvalue weighted by Crippen LogP contribution is -2.50. The number of phenolic OH excluding ortho intramolecular Hbond substituents is 1. The van der Waals surface area contributed by atoms with Gasteiger partial charge < -0.3 is 10.2 Å². The van der Waals surface area contributed by atoms with Crippen LogP contribution in [0.5, 0.6) is 5.75 Å². The summed E-state index contributed by atoms with van der Waals surface area (Å²) in [5.74, 6) is 0.374. The van der Waals surface area contributed by atoms with Crippen LogP contribution in [-0.2, 0) is 6.42 Å². The number of rotatable bonds is 1. The summed E-state index contributed by atoms with van der Waals surface area (Å²) in [4.78, 5) is 0. The van der Waals surface area contributed by atoms with Crippen LogP contribution in [0.25, 0.3) is 0 Å². The number of hydrogen-bond acceptors (Lipinski definition) is 2.